The van der Waals surface area contributed by atoms with Crippen LogP contribution in [0, 0.1) is 6.92 Å². The van der Waals surface area contributed by atoms with Crippen molar-refractivity contribution >= 4 is 11.6 Å². The van der Waals surface area contributed by atoms with Crippen LogP contribution in [0.15, 0.2) is 67.3 Å². The zero-order valence-electron chi connectivity index (χ0n) is 13.6. The van der Waals surface area contributed by atoms with Gasteiger partial charge >= 0.3 is 0 Å². The summed E-state index contributed by atoms with van der Waals surface area (Å²) in [5.74, 6) is 0.490. The van der Waals surface area contributed by atoms with E-state index in [2.05, 4.69) is 10.3 Å². The van der Waals surface area contributed by atoms with Gasteiger partial charge in [0.25, 0.3) is 5.91 Å². The number of nitrogens with zero attached hydrogens (tertiary/aromatic N) is 2. The molecule has 0 bridgehead atoms. The standard InChI is InChI=1S/C19H19N3O2/c1-14-3-9-18(10-4-14)24-15(2)19(23)21-16-5-7-17(8-6-16)22-12-11-20-13-22/h3-13,15H,1-2H3,(H,21,23). The first-order chi connectivity index (χ1) is 11.6. The lowest BCUT2D eigenvalue weighted by atomic mass is 10.2. The first-order valence-electron chi connectivity index (χ1n) is 7.74. The van der Waals surface area contributed by atoms with E-state index >= 15 is 0 Å². The van der Waals surface area contributed by atoms with Crippen LogP contribution in [-0.4, -0.2) is 21.6 Å². The molecule has 1 N–H and O–H groups in total. The van der Waals surface area contributed by atoms with E-state index in [0.717, 1.165) is 16.9 Å². The number of hydrogen-bond acceptors (Lipinski definition) is 3. The van der Waals surface area contributed by atoms with Crippen molar-refractivity contribution in [3.8, 4) is 11.4 Å². The lowest BCUT2D eigenvalue weighted by Crippen LogP contribution is -2.30. The number of anilines is 1. The van der Waals surface area contributed by atoms with Crippen molar-refractivity contribution in [2.75, 3.05) is 5.32 Å². The van der Waals surface area contributed by atoms with E-state index in [9.17, 15) is 4.79 Å². The van der Waals surface area contributed by atoms with Gasteiger partial charge in [0.05, 0.1) is 6.33 Å². The summed E-state index contributed by atoms with van der Waals surface area (Å²) in [7, 11) is 0. The van der Waals surface area contributed by atoms with Gasteiger partial charge in [-0.1, -0.05) is 17.7 Å². The highest BCUT2D eigenvalue weighted by Crippen LogP contribution is 2.16. The van der Waals surface area contributed by atoms with E-state index in [1.807, 2.05) is 66.2 Å². The number of aromatic nitrogens is 2. The minimum Gasteiger partial charge on any atom is -0.481 e. The zero-order valence-corrected chi connectivity index (χ0v) is 13.6. The first-order valence-corrected chi connectivity index (χ1v) is 7.74. The lowest BCUT2D eigenvalue weighted by Gasteiger charge is -2.15. The molecule has 0 fully saturated rings. The van der Waals surface area contributed by atoms with Crippen molar-refractivity contribution in [1.82, 2.24) is 9.55 Å². The average molecular weight is 321 g/mol. The van der Waals surface area contributed by atoms with Gasteiger partial charge in [0.2, 0.25) is 0 Å². The predicted octanol–water partition coefficient (Wildman–Crippen LogP) is 3.59. The fourth-order valence-corrected chi connectivity index (χ4v) is 2.25. The smallest absolute Gasteiger partial charge is 0.265 e. The third kappa shape index (κ3) is 3.81. The molecule has 0 aliphatic carbocycles. The molecule has 122 valence electrons. The third-order valence-electron chi connectivity index (χ3n) is 3.64. The van der Waals surface area contributed by atoms with Gasteiger partial charge in [-0.25, -0.2) is 4.98 Å². The third-order valence-corrected chi connectivity index (χ3v) is 3.64. The summed E-state index contributed by atoms with van der Waals surface area (Å²) in [6, 6.07) is 15.2. The molecule has 0 radical (unpaired) electrons. The average Bonchev–Trinajstić information content (AvgIpc) is 3.12. The number of benzene rings is 2. The zero-order chi connectivity index (χ0) is 16.9. The van der Waals surface area contributed by atoms with E-state index < -0.39 is 6.10 Å². The van der Waals surface area contributed by atoms with Gasteiger partial charge in [-0.3, -0.25) is 4.79 Å². The highest BCUT2D eigenvalue weighted by Gasteiger charge is 2.14. The molecule has 0 aliphatic rings. The monoisotopic (exact) mass is 321 g/mol. The Kier molecular flexibility index (Phi) is 4.61. The molecule has 0 saturated carbocycles. The van der Waals surface area contributed by atoms with E-state index in [-0.39, 0.29) is 5.91 Å². The van der Waals surface area contributed by atoms with E-state index in [1.54, 1.807) is 19.4 Å². The topological polar surface area (TPSA) is 56.1 Å². The molecule has 0 spiro atoms. The lowest BCUT2D eigenvalue weighted by molar-refractivity contribution is -0.122. The van der Waals surface area contributed by atoms with Gasteiger partial charge in [0.15, 0.2) is 6.10 Å². The van der Waals surface area contributed by atoms with Crippen LogP contribution in [0.3, 0.4) is 0 Å². The van der Waals surface area contributed by atoms with E-state index in [4.69, 9.17) is 4.74 Å². The molecule has 3 aromatic rings. The second-order valence-electron chi connectivity index (χ2n) is 5.58. The Morgan fingerprint density at radius 1 is 1.12 bits per heavy atom. The molecule has 5 heteroatoms. The molecule has 5 nitrogen and oxygen atoms in total. The summed E-state index contributed by atoms with van der Waals surface area (Å²) in [5.41, 5.74) is 2.86. The molecule has 1 amide bonds. The molecule has 3 rings (SSSR count). The number of nitrogens with one attached hydrogen (secondary N) is 1. The number of hydrogen-bond donors (Lipinski definition) is 1. The molecule has 24 heavy (non-hydrogen) atoms. The maximum atomic E-state index is 12.2. The highest BCUT2D eigenvalue weighted by molar-refractivity contribution is 5.94. The van der Waals surface area contributed by atoms with Crippen molar-refractivity contribution in [3.63, 3.8) is 0 Å². The van der Waals surface area contributed by atoms with Gasteiger partial charge in [0, 0.05) is 23.8 Å². The van der Waals surface area contributed by atoms with E-state index in [0.29, 0.717) is 5.75 Å². The molecule has 1 atom stereocenters. The van der Waals surface area contributed by atoms with Crippen LogP contribution in [0.1, 0.15) is 12.5 Å². The number of rotatable bonds is 5. The Hall–Kier alpha value is -3.08. The summed E-state index contributed by atoms with van der Waals surface area (Å²) < 4.78 is 7.56. The normalized spacial score (nSPS) is 11.8. The van der Waals surface area contributed by atoms with Gasteiger partial charge in [-0.2, -0.15) is 0 Å². The molecule has 2 aromatic carbocycles. The molecule has 1 aromatic heterocycles. The summed E-state index contributed by atoms with van der Waals surface area (Å²) in [6.45, 7) is 3.74. The molecule has 0 aliphatic heterocycles. The van der Waals surface area contributed by atoms with Crippen molar-refractivity contribution in [1.29, 1.82) is 0 Å². The Labute approximate surface area is 140 Å². The maximum Gasteiger partial charge on any atom is 0.265 e. The Morgan fingerprint density at radius 3 is 2.46 bits per heavy atom. The predicted molar refractivity (Wildman–Crippen MR) is 93.5 cm³/mol. The van der Waals surface area contributed by atoms with Gasteiger partial charge in [-0.15, -0.1) is 0 Å². The van der Waals surface area contributed by atoms with Crippen LogP contribution < -0.4 is 10.1 Å². The first kappa shape index (κ1) is 15.8. The van der Waals surface area contributed by atoms with Crippen LogP contribution in [0.4, 0.5) is 5.69 Å². The van der Waals surface area contributed by atoms with Gasteiger partial charge in [-0.05, 0) is 50.2 Å². The van der Waals surface area contributed by atoms with Gasteiger partial charge in [0.1, 0.15) is 5.75 Å². The fourth-order valence-electron chi connectivity index (χ4n) is 2.25. The second kappa shape index (κ2) is 7.00. The van der Waals surface area contributed by atoms with Crippen molar-refractivity contribution in [2.45, 2.75) is 20.0 Å². The van der Waals surface area contributed by atoms with E-state index in [1.165, 1.54) is 0 Å². The van der Waals surface area contributed by atoms with Gasteiger partial charge < -0.3 is 14.6 Å². The fraction of sp³-hybridized carbons (Fsp3) is 0.158. The number of amides is 1. The van der Waals surface area contributed by atoms with Crippen LogP contribution in [0.5, 0.6) is 5.75 Å². The Bertz CT molecular complexity index is 794. The quantitative estimate of drug-likeness (QED) is 0.781. The SMILES string of the molecule is Cc1ccc(OC(C)C(=O)Nc2ccc(-n3ccnc3)cc2)cc1. The Balaban J connectivity index is 1.60. The largest absolute Gasteiger partial charge is 0.481 e. The Morgan fingerprint density at radius 2 is 1.83 bits per heavy atom. The maximum absolute atomic E-state index is 12.2. The molecule has 1 unspecified atom stereocenters. The summed E-state index contributed by atoms with van der Waals surface area (Å²) >= 11 is 0. The number of ether oxygens (including phenoxy) is 1. The number of imidazole rings is 1. The summed E-state index contributed by atoms with van der Waals surface area (Å²) in [4.78, 5) is 16.3. The van der Waals surface area contributed by atoms with Crippen LogP contribution in [-0.2, 0) is 4.79 Å². The van der Waals surface area contributed by atoms with Crippen molar-refractivity contribution in [2.24, 2.45) is 0 Å². The van der Waals surface area contributed by atoms with Crippen molar-refractivity contribution in [3.05, 3.63) is 72.8 Å². The number of carbonyl (C=O) groups excluding carboxylic acids is 1. The number of carbonyl (C=O) groups is 1. The minimum atomic E-state index is -0.582. The van der Waals surface area contributed by atoms with Crippen LogP contribution >= 0.6 is 0 Å². The molecule has 0 saturated heterocycles. The van der Waals surface area contributed by atoms with Crippen LogP contribution in [0.25, 0.3) is 5.69 Å². The second-order valence-corrected chi connectivity index (χ2v) is 5.58. The molecular formula is C19H19N3O2. The molecular weight excluding hydrogens is 302 g/mol. The summed E-state index contributed by atoms with van der Waals surface area (Å²) in [6.07, 6.45) is 4.73. The molecule has 1 heterocycles. The highest BCUT2D eigenvalue weighted by atomic mass is 16.5. The summed E-state index contributed by atoms with van der Waals surface area (Å²) in [5, 5.41) is 2.86. The van der Waals surface area contributed by atoms with Crippen molar-refractivity contribution < 1.29 is 9.53 Å². The number of aryl methyl sites for hydroxylation is 1. The minimum absolute atomic E-state index is 0.189. The van der Waals surface area contributed by atoms with Crippen LogP contribution in [0.2, 0.25) is 0 Å².